The predicted octanol–water partition coefficient (Wildman–Crippen LogP) is 2.29. The minimum absolute atomic E-state index is 0.115. The first-order valence-corrected chi connectivity index (χ1v) is 9.36. The predicted molar refractivity (Wildman–Crippen MR) is 97.1 cm³/mol. The standard InChI is InChI=1S/C19H30N4O/c1-16(24)21-18-7-5-17(6-8-18)9-11-22-12-14-23(15-13-22)19-4-2-3-10-20-19/h2-4,10,17-18H,5-9,11-15H2,1H3,(H,21,24). The maximum absolute atomic E-state index is 11.1. The van der Waals surface area contributed by atoms with Crippen molar-refractivity contribution in [1.29, 1.82) is 0 Å². The molecule has 0 spiro atoms. The number of carbonyl (C=O) groups excluding carboxylic acids is 1. The van der Waals surface area contributed by atoms with Crippen molar-refractivity contribution < 1.29 is 4.79 Å². The van der Waals surface area contributed by atoms with Gasteiger partial charge < -0.3 is 10.2 Å². The topological polar surface area (TPSA) is 48.5 Å². The Morgan fingerprint density at radius 2 is 1.92 bits per heavy atom. The van der Waals surface area contributed by atoms with Crippen LogP contribution in [-0.2, 0) is 4.79 Å². The Kier molecular flexibility index (Phi) is 6.07. The molecule has 0 aromatic carbocycles. The second-order valence-electron chi connectivity index (χ2n) is 7.22. The van der Waals surface area contributed by atoms with Crippen molar-refractivity contribution >= 4 is 11.7 Å². The number of nitrogens with zero attached hydrogens (tertiary/aromatic N) is 3. The number of nitrogens with one attached hydrogen (secondary N) is 1. The molecule has 1 aliphatic carbocycles. The third kappa shape index (κ3) is 4.94. The molecule has 1 aromatic rings. The van der Waals surface area contributed by atoms with Gasteiger partial charge >= 0.3 is 0 Å². The number of pyridine rings is 1. The highest BCUT2D eigenvalue weighted by molar-refractivity contribution is 5.73. The third-order valence-corrected chi connectivity index (χ3v) is 5.45. The van der Waals surface area contributed by atoms with Crippen molar-refractivity contribution in [2.75, 3.05) is 37.6 Å². The molecule has 1 amide bonds. The Morgan fingerprint density at radius 1 is 1.17 bits per heavy atom. The molecular weight excluding hydrogens is 300 g/mol. The molecule has 2 heterocycles. The molecule has 1 N–H and O–H groups in total. The molecule has 1 saturated heterocycles. The Bertz CT molecular complexity index is 505. The van der Waals surface area contributed by atoms with Crippen molar-refractivity contribution in [2.24, 2.45) is 5.92 Å². The fourth-order valence-corrected chi connectivity index (χ4v) is 3.99. The molecule has 5 nitrogen and oxygen atoms in total. The fourth-order valence-electron chi connectivity index (χ4n) is 3.99. The van der Waals surface area contributed by atoms with Gasteiger partial charge in [0, 0.05) is 45.3 Å². The van der Waals surface area contributed by atoms with E-state index in [1.165, 1.54) is 25.8 Å². The van der Waals surface area contributed by atoms with E-state index in [0.717, 1.165) is 50.8 Å². The van der Waals surface area contributed by atoms with Crippen LogP contribution in [0.25, 0.3) is 0 Å². The molecule has 1 aliphatic heterocycles. The van der Waals surface area contributed by atoms with Gasteiger partial charge in [0.15, 0.2) is 0 Å². The smallest absolute Gasteiger partial charge is 0.217 e. The Balaban J connectivity index is 1.33. The van der Waals surface area contributed by atoms with Gasteiger partial charge in [-0.25, -0.2) is 4.98 Å². The van der Waals surface area contributed by atoms with Crippen LogP contribution in [0.5, 0.6) is 0 Å². The first-order chi connectivity index (χ1) is 11.7. The van der Waals surface area contributed by atoms with Gasteiger partial charge in [0.1, 0.15) is 5.82 Å². The molecule has 1 saturated carbocycles. The monoisotopic (exact) mass is 330 g/mol. The van der Waals surface area contributed by atoms with Gasteiger partial charge in [-0.1, -0.05) is 6.07 Å². The number of carbonyl (C=O) groups is 1. The number of amides is 1. The van der Waals surface area contributed by atoms with E-state index in [1.54, 1.807) is 6.92 Å². The summed E-state index contributed by atoms with van der Waals surface area (Å²) >= 11 is 0. The first-order valence-electron chi connectivity index (χ1n) is 9.36. The third-order valence-electron chi connectivity index (χ3n) is 5.45. The number of hydrogen-bond acceptors (Lipinski definition) is 4. The lowest BCUT2D eigenvalue weighted by Crippen LogP contribution is -2.47. The van der Waals surface area contributed by atoms with Gasteiger partial charge in [0.2, 0.25) is 5.91 Å². The van der Waals surface area contributed by atoms with Crippen molar-refractivity contribution in [1.82, 2.24) is 15.2 Å². The lowest BCUT2D eigenvalue weighted by atomic mass is 9.84. The van der Waals surface area contributed by atoms with Crippen molar-refractivity contribution in [3.05, 3.63) is 24.4 Å². The van der Waals surface area contributed by atoms with Crippen molar-refractivity contribution in [3.63, 3.8) is 0 Å². The van der Waals surface area contributed by atoms with Gasteiger partial charge in [-0.2, -0.15) is 0 Å². The molecule has 0 bridgehead atoms. The molecule has 5 heteroatoms. The first kappa shape index (κ1) is 17.2. The minimum atomic E-state index is 0.115. The van der Waals surface area contributed by atoms with Crippen LogP contribution >= 0.6 is 0 Å². The Hall–Kier alpha value is -1.62. The molecule has 0 unspecified atom stereocenters. The molecule has 24 heavy (non-hydrogen) atoms. The number of aromatic nitrogens is 1. The average Bonchev–Trinajstić information content (AvgIpc) is 2.62. The molecule has 132 valence electrons. The van der Waals surface area contributed by atoms with E-state index in [-0.39, 0.29) is 5.91 Å². The molecule has 2 fully saturated rings. The molecular formula is C19H30N4O. The number of anilines is 1. The molecule has 2 aliphatic rings. The van der Waals surface area contributed by atoms with E-state index < -0.39 is 0 Å². The van der Waals surface area contributed by atoms with Crippen LogP contribution in [0, 0.1) is 5.92 Å². The van der Waals surface area contributed by atoms with Crippen LogP contribution in [0.1, 0.15) is 39.0 Å². The summed E-state index contributed by atoms with van der Waals surface area (Å²) in [6, 6.07) is 6.55. The molecule has 1 aromatic heterocycles. The van der Waals surface area contributed by atoms with E-state index in [4.69, 9.17) is 0 Å². The summed E-state index contributed by atoms with van der Waals surface area (Å²) < 4.78 is 0. The lowest BCUT2D eigenvalue weighted by Gasteiger charge is -2.36. The summed E-state index contributed by atoms with van der Waals surface area (Å²) in [6.45, 7) is 7.26. The van der Waals surface area contributed by atoms with Crippen LogP contribution in [0.3, 0.4) is 0 Å². The van der Waals surface area contributed by atoms with E-state index in [0.29, 0.717) is 6.04 Å². The van der Waals surface area contributed by atoms with Crippen LogP contribution in [0.2, 0.25) is 0 Å². The second kappa shape index (κ2) is 8.47. The summed E-state index contributed by atoms with van der Waals surface area (Å²) in [7, 11) is 0. The highest BCUT2D eigenvalue weighted by atomic mass is 16.1. The van der Waals surface area contributed by atoms with E-state index in [2.05, 4.69) is 32.2 Å². The van der Waals surface area contributed by atoms with Gasteiger partial charge in [-0.05, 0) is 56.7 Å². The number of hydrogen-bond donors (Lipinski definition) is 1. The normalized spacial score (nSPS) is 25.5. The quantitative estimate of drug-likeness (QED) is 0.900. The fraction of sp³-hybridized carbons (Fsp3) is 0.684. The zero-order valence-corrected chi connectivity index (χ0v) is 14.8. The van der Waals surface area contributed by atoms with Gasteiger partial charge in [0.05, 0.1) is 0 Å². The van der Waals surface area contributed by atoms with E-state index in [9.17, 15) is 4.79 Å². The van der Waals surface area contributed by atoms with Crippen LogP contribution in [0.4, 0.5) is 5.82 Å². The minimum Gasteiger partial charge on any atom is -0.354 e. The van der Waals surface area contributed by atoms with E-state index in [1.807, 2.05) is 12.3 Å². The summed E-state index contributed by atoms with van der Waals surface area (Å²) in [4.78, 5) is 20.6. The number of piperazine rings is 1. The Morgan fingerprint density at radius 3 is 2.54 bits per heavy atom. The summed E-state index contributed by atoms with van der Waals surface area (Å²) in [5.74, 6) is 2.06. The maximum atomic E-state index is 11.1. The van der Waals surface area contributed by atoms with Crippen molar-refractivity contribution in [2.45, 2.75) is 45.1 Å². The van der Waals surface area contributed by atoms with Gasteiger partial charge in [0.25, 0.3) is 0 Å². The van der Waals surface area contributed by atoms with E-state index >= 15 is 0 Å². The maximum Gasteiger partial charge on any atom is 0.217 e. The van der Waals surface area contributed by atoms with Crippen molar-refractivity contribution in [3.8, 4) is 0 Å². The van der Waals surface area contributed by atoms with Crippen LogP contribution in [-0.4, -0.2) is 54.6 Å². The zero-order chi connectivity index (χ0) is 16.8. The zero-order valence-electron chi connectivity index (χ0n) is 14.8. The SMILES string of the molecule is CC(=O)NC1CCC(CCN2CCN(c3ccccn3)CC2)CC1. The lowest BCUT2D eigenvalue weighted by molar-refractivity contribution is -0.119. The summed E-state index contributed by atoms with van der Waals surface area (Å²) in [5, 5.41) is 3.07. The molecule has 3 rings (SSSR count). The Labute approximate surface area is 145 Å². The summed E-state index contributed by atoms with van der Waals surface area (Å²) in [6.07, 6.45) is 8.00. The molecule has 0 radical (unpaired) electrons. The second-order valence-corrected chi connectivity index (χ2v) is 7.22. The van der Waals surface area contributed by atoms with Gasteiger partial charge in [-0.15, -0.1) is 0 Å². The largest absolute Gasteiger partial charge is 0.354 e. The van der Waals surface area contributed by atoms with Gasteiger partial charge in [-0.3, -0.25) is 9.69 Å². The summed E-state index contributed by atoms with van der Waals surface area (Å²) in [5.41, 5.74) is 0. The number of rotatable bonds is 5. The molecule has 0 atom stereocenters. The van der Waals surface area contributed by atoms with Crippen LogP contribution in [0.15, 0.2) is 24.4 Å². The van der Waals surface area contributed by atoms with Crippen LogP contribution < -0.4 is 10.2 Å². The average molecular weight is 330 g/mol. The highest BCUT2D eigenvalue weighted by Gasteiger charge is 2.23. The highest BCUT2D eigenvalue weighted by Crippen LogP contribution is 2.27.